The van der Waals surface area contributed by atoms with Gasteiger partial charge in [-0.2, -0.15) is 0 Å². The number of aliphatic hydroxyl groups is 8. The molecule has 0 aromatic carbocycles. The lowest BCUT2D eigenvalue weighted by Gasteiger charge is -2.46. The van der Waals surface area contributed by atoms with Crippen molar-refractivity contribution in [3.05, 3.63) is 11.8 Å². The lowest BCUT2D eigenvalue weighted by molar-refractivity contribution is -0.352. The molecule has 8 N–H and O–H groups in total. The van der Waals surface area contributed by atoms with E-state index in [1.807, 2.05) is 0 Å². The highest BCUT2D eigenvalue weighted by molar-refractivity contribution is 5.28. The van der Waals surface area contributed by atoms with Crippen LogP contribution in [0.25, 0.3) is 0 Å². The molecule has 0 spiro atoms. The average Bonchev–Trinajstić information content (AvgIpc) is 2.80. The molecule has 3 aliphatic rings. The highest BCUT2D eigenvalue weighted by atomic mass is 16.8. The Morgan fingerprint density at radius 2 is 1.74 bits per heavy atom. The lowest BCUT2D eigenvalue weighted by Crippen LogP contribution is -2.62. The van der Waals surface area contributed by atoms with Crippen LogP contribution >= 0.6 is 0 Å². The van der Waals surface area contributed by atoms with Crippen molar-refractivity contribution in [2.24, 2.45) is 5.92 Å². The van der Waals surface area contributed by atoms with E-state index < -0.39 is 73.4 Å². The molecule has 3 rings (SSSR count). The van der Waals surface area contributed by atoms with Crippen molar-refractivity contribution in [2.75, 3.05) is 13.2 Å². The van der Waals surface area contributed by atoms with Crippen molar-refractivity contribution in [1.82, 2.24) is 0 Å². The number of fused-ring (bicyclic) bond motifs is 1. The molecule has 10 atom stereocenters. The molecule has 1 saturated heterocycles. The molecule has 2 heterocycles. The Labute approximate surface area is 154 Å². The van der Waals surface area contributed by atoms with Crippen molar-refractivity contribution >= 4 is 0 Å². The predicted octanol–water partition coefficient (Wildman–Crippen LogP) is -4.10. The summed E-state index contributed by atoms with van der Waals surface area (Å²) >= 11 is 0. The van der Waals surface area contributed by atoms with Crippen LogP contribution < -0.4 is 0 Å². The van der Waals surface area contributed by atoms with E-state index in [2.05, 4.69) is 0 Å². The summed E-state index contributed by atoms with van der Waals surface area (Å²) < 4.78 is 16.1. The zero-order chi connectivity index (χ0) is 20.1. The first-order valence-corrected chi connectivity index (χ1v) is 8.62. The minimum atomic E-state index is -1.87. The third-order valence-corrected chi connectivity index (χ3v) is 5.78. The van der Waals surface area contributed by atoms with E-state index in [0.717, 1.165) is 6.26 Å². The van der Waals surface area contributed by atoms with Gasteiger partial charge in [0.05, 0.1) is 37.1 Å². The van der Waals surface area contributed by atoms with Crippen molar-refractivity contribution in [1.29, 1.82) is 0 Å². The van der Waals surface area contributed by atoms with Gasteiger partial charge in [0.2, 0.25) is 6.29 Å². The summed E-state index contributed by atoms with van der Waals surface area (Å²) in [4.78, 5) is 0. The van der Waals surface area contributed by atoms with Gasteiger partial charge in [0.1, 0.15) is 30.0 Å². The fourth-order valence-corrected chi connectivity index (χ4v) is 4.08. The van der Waals surface area contributed by atoms with Crippen LogP contribution in [-0.2, 0) is 14.2 Å². The van der Waals surface area contributed by atoms with Gasteiger partial charge in [0, 0.05) is 12.0 Å². The highest BCUT2D eigenvalue weighted by Gasteiger charge is 2.66. The first kappa shape index (κ1) is 20.9. The fraction of sp³-hybridized carbons (Fsp3) is 0.875. The van der Waals surface area contributed by atoms with Gasteiger partial charge >= 0.3 is 0 Å². The maximum atomic E-state index is 11.0. The first-order chi connectivity index (χ1) is 12.6. The maximum absolute atomic E-state index is 11.0. The van der Waals surface area contributed by atoms with Gasteiger partial charge in [-0.15, -0.1) is 0 Å². The van der Waals surface area contributed by atoms with Crippen molar-refractivity contribution in [2.45, 2.75) is 67.6 Å². The number of rotatable bonds is 4. The van der Waals surface area contributed by atoms with Gasteiger partial charge in [-0.05, 0) is 6.92 Å². The minimum absolute atomic E-state index is 0.0398. The van der Waals surface area contributed by atoms with Crippen LogP contribution in [-0.4, -0.2) is 108 Å². The molecule has 0 amide bonds. The van der Waals surface area contributed by atoms with E-state index in [4.69, 9.17) is 14.2 Å². The number of hydrogen-bond acceptors (Lipinski definition) is 11. The van der Waals surface area contributed by atoms with Gasteiger partial charge < -0.3 is 55.1 Å². The molecular formula is C16H26O11. The minimum Gasteiger partial charge on any atom is -0.472 e. The van der Waals surface area contributed by atoms with Gasteiger partial charge in [0.15, 0.2) is 6.29 Å². The Hall–Kier alpha value is -0.860. The number of ether oxygens (including phenoxy) is 3. The molecule has 0 radical (unpaired) electrons. The number of hydrogen-bond donors (Lipinski definition) is 8. The topological polar surface area (TPSA) is 190 Å². The van der Waals surface area contributed by atoms with Gasteiger partial charge in [0.25, 0.3) is 0 Å². The molecule has 1 saturated carbocycles. The summed E-state index contributed by atoms with van der Waals surface area (Å²) in [7, 11) is 0. The fourth-order valence-electron chi connectivity index (χ4n) is 4.08. The first-order valence-electron chi connectivity index (χ1n) is 8.62. The smallest absolute Gasteiger partial charge is 0.210 e. The normalized spacial score (nSPS) is 52.9. The summed E-state index contributed by atoms with van der Waals surface area (Å²) in [5, 5.41) is 80.4. The SMILES string of the molecule is CC1(O)C(O)CC2(O)C(CO)=COC(OC3OC(CO)C(O)C(O)C3O)C21. The molecule has 0 bridgehead atoms. The molecule has 10 unspecified atom stereocenters. The van der Waals surface area contributed by atoms with Crippen LogP contribution in [0.2, 0.25) is 0 Å². The standard InChI is InChI=1S/C16H26O11/c1-15(23)8(19)2-16(24)6(3-17)5-25-14(12(15)16)27-13-11(22)10(21)9(20)7(4-18)26-13/h5,7-14,17-24H,2-4H2,1H3. The Balaban J connectivity index is 1.87. The molecule has 1 aliphatic carbocycles. The van der Waals surface area contributed by atoms with Crippen LogP contribution in [0.15, 0.2) is 11.8 Å². The van der Waals surface area contributed by atoms with E-state index in [1.165, 1.54) is 6.92 Å². The summed E-state index contributed by atoms with van der Waals surface area (Å²) in [6, 6.07) is 0. The van der Waals surface area contributed by atoms with E-state index in [9.17, 15) is 40.9 Å². The molecule has 0 aromatic rings. The predicted molar refractivity (Wildman–Crippen MR) is 84.6 cm³/mol. The molecule has 2 fully saturated rings. The van der Waals surface area contributed by atoms with Gasteiger partial charge in [-0.25, -0.2) is 0 Å². The van der Waals surface area contributed by atoms with E-state index in [-0.39, 0.29) is 12.0 Å². The molecular weight excluding hydrogens is 368 g/mol. The summed E-state index contributed by atoms with van der Waals surface area (Å²) in [6.45, 7) is 0.0326. The molecule has 2 aliphatic heterocycles. The van der Waals surface area contributed by atoms with Gasteiger partial charge in [-0.3, -0.25) is 0 Å². The Bertz CT molecular complexity index is 579. The largest absolute Gasteiger partial charge is 0.472 e. The maximum Gasteiger partial charge on any atom is 0.210 e. The monoisotopic (exact) mass is 394 g/mol. The van der Waals surface area contributed by atoms with Crippen LogP contribution in [0.5, 0.6) is 0 Å². The molecule has 11 heteroatoms. The van der Waals surface area contributed by atoms with Crippen LogP contribution in [0.1, 0.15) is 13.3 Å². The Kier molecular flexibility index (Phi) is 5.56. The highest BCUT2D eigenvalue weighted by Crippen LogP contribution is 2.52. The average molecular weight is 394 g/mol. The third-order valence-electron chi connectivity index (χ3n) is 5.78. The van der Waals surface area contributed by atoms with Crippen LogP contribution in [0.3, 0.4) is 0 Å². The van der Waals surface area contributed by atoms with Gasteiger partial charge in [-0.1, -0.05) is 0 Å². The Morgan fingerprint density at radius 1 is 1.07 bits per heavy atom. The van der Waals surface area contributed by atoms with E-state index in [1.54, 1.807) is 0 Å². The quantitative estimate of drug-likeness (QED) is 0.231. The second kappa shape index (κ2) is 7.19. The van der Waals surface area contributed by atoms with Crippen LogP contribution in [0, 0.1) is 5.92 Å². The lowest BCUT2D eigenvalue weighted by atomic mass is 9.77. The zero-order valence-corrected chi connectivity index (χ0v) is 14.6. The molecule has 0 aromatic heterocycles. The van der Waals surface area contributed by atoms with Crippen LogP contribution in [0.4, 0.5) is 0 Å². The second-order valence-electron chi connectivity index (χ2n) is 7.49. The Morgan fingerprint density at radius 3 is 2.33 bits per heavy atom. The second-order valence-corrected chi connectivity index (χ2v) is 7.49. The number of aliphatic hydroxyl groups excluding tert-OH is 6. The summed E-state index contributed by atoms with van der Waals surface area (Å²) in [5.41, 5.74) is -3.67. The third kappa shape index (κ3) is 3.17. The van der Waals surface area contributed by atoms with Crippen molar-refractivity contribution in [3.63, 3.8) is 0 Å². The van der Waals surface area contributed by atoms with E-state index >= 15 is 0 Å². The summed E-state index contributed by atoms with van der Waals surface area (Å²) in [6.07, 6.45) is -9.77. The summed E-state index contributed by atoms with van der Waals surface area (Å²) in [5.74, 6) is -1.26. The molecule has 27 heavy (non-hydrogen) atoms. The van der Waals surface area contributed by atoms with Crippen molar-refractivity contribution in [3.8, 4) is 0 Å². The molecule has 11 nitrogen and oxygen atoms in total. The van der Waals surface area contributed by atoms with Crippen molar-refractivity contribution < 1.29 is 55.1 Å². The van der Waals surface area contributed by atoms with E-state index in [0.29, 0.717) is 0 Å². The molecule has 156 valence electrons. The zero-order valence-electron chi connectivity index (χ0n) is 14.6.